The predicted octanol–water partition coefficient (Wildman–Crippen LogP) is 3.91. The van der Waals surface area contributed by atoms with Crippen molar-refractivity contribution in [2.45, 2.75) is 20.0 Å². The van der Waals surface area contributed by atoms with Crippen LogP contribution in [0, 0.1) is 6.92 Å². The Morgan fingerprint density at radius 3 is 2.64 bits per heavy atom. The van der Waals surface area contributed by atoms with Crippen LogP contribution in [0.2, 0.25) is 0 Å². The van der Waals surface area contributed by atoms with Gasteiger partial charge in [0.05, 0.1) is 24.1 Å². The molecule has 0 unspecified atom stereocenters. The van der Waals surface area contributed by atoms with Gasteiger partial charge in [0.15, 0.2) is 5.82 Å². The minimum atomic E-state index is -4.58. The average molecular weight is 391 g/mol. The van der Waals surface area contributed by atoms with E-state index in [0.29, 0.717) is 0 Å². The largest absolute Gasteiger partial charge is 0.462 e. The third-order valence-electron chi connectivity index (χ3n) is 3.67. The lowest BCUT2D eigenvalue weighted by atomic mass is 10.1. The van der Waals surface area contributed by atoms with Crippen molar-refractivity contribution in [2.24, 2.45) is 0 Å². The van der Waals surface area contributed by atoms with E-state index in [9.17, 15) is 18.0 Å². The Bertz CT molecular complexity index is 1000. The number of aromatic nitrogens is 4. The summed E-state index contributed by atoms with van der Waals surface area (Å²) in [4.78, 5) is 20.5. The Labute approximate surface area is 158 Å². The molecule has 1 N–H and O–H groups in total. The van der Waals surface area contributed by atoms with Crippen molar-refractivity contribution < 1.29 is 22.7 Å². The van der Waals surface area contributed by atoms with Crippen LogP contribution in [0.5, 0.6) is 0 Å². The van der Waals surface area contributed by atoms with E-state index in [1.807, 2.05) is 6.92 Å². The van der Waals surface area contributed by atoms with E-state index in [1.165, 1.54) is 29.1 Å². The zero-order chi connectivity index (χ0) is 20.3. The molecule has 0 bridgehead atoms. The summed E-state index contributed by atoms with van der Waals surface area (Å²) >= 11 is 0. The summed E-state index contributed by atoms with van der Waals surface area (Å²) in [6, 6.07) is 4.90. The first-order valence-electron chi connectivity index (χ1n) is 8.28. The molecule has 1 aromatic carbocycles. The van der Waals surface area contributed by atoms with Crippen molar-refractivity contribution in [3.05, 3.63) is 59.5 Å². The molecular formula is C18H16F3N5O2. The molecule has 0 fully saturated rings. The number of benzene rings is 1. The smallest absolute Gasteiger partial charge is 0.418 e. The minimum Gasteiger partial charge on any atom is -0.462 e. The summed E-state index contributed by atoms with van der Waals surface area (Å²) in [5.41, 5.74) is -0.386. The van der Waals surface area contributed by atoms with Crippen molar-refractivity contribution >= 4 is 17.5 Å². The number of esters is 1. The third kappa shape index (κ3) is 4.11. The number of alkyl halides is 3. The van der Waals surface area contributed by atoms with Crippen LogP contribution < -0.4 is 5.32 Å². The van der Waals surface area contributed by atoms with Crippen LogP contribution in [-0.4, -0.2) is 32.3 Å². The molecule has 0 aliphatic heterocycles. The van der Waals surface area contributed by atoms with Crippen molar-refractivity contribution in [3.8, 4) is 5.95 Å². The highest BCUT2D eigenvalue weighted by Gasteiger charge is 2.33. The summed E-state index contributed by atoms with van der Waals surface area (Å²) in [6.45, 7) is 3.53. The van der Waals surface area contributed by atoms with Gasteiger partial charge in [0, 0.05) is 12.4 Å². The van der Waals surface area contributed by atoms with E-state index < -0.39 is 17.7 Å². The molecule has 0 spiro atoms. The monoisotopic (exact) mass is 391 g/mol. The Hall–Kier alpha value is -3.43. The fraction of sp³-hybridized carbons (Fsp3) is 0.222. The lowest BCUT2D eigenvalue weighted by molar-refractivity contribution is -0.136. The highest BCUT2D eigenvalue weighted by molar-refractivity contribution is 5.95. The van der Waals surface area contributed by atoms with Gasteiger partial charge in [-0.05, 0) is 31.5 Å². The highest BCUT2D eigenvalue weighted by atomic mass is 19.4. The fourth-order valence-corrected chi connectivity index (χ4v) is 2.43. The van der Waals surface area contributed by atoms with Crippen LogP contribution in [0.15, 0.2) is 42.9 Å². The molecule has 0 saturated heterocycles. The van der Waals surface area contributed by atoms with Gasteiger partial charge >= 0.3 is 12.1 Å². The maximum absolute atomic E-state index is 13.3. The summed E-state index contributed by atoms with van der Waals surface area (Å²) in [5.74, 6) is -0.779. The molecule has 2 heterocycles. The molecular weight excluding hydrogens is 375 g/mol. The highest BCUT2D eigenvalue weighted by Crippen LogP contribution is 2.36. The van der Waals surface area contributed by atoms with Gasteiger partial charge in [-0.1, -0.05) is 12.1 Å². The van der Waals surface area contributed by atoms with Crippen molar-refractivity contribution in [1.82, 2.24) is 19.7 Å². The number of anilines is 2. The average Bonchev–Trinajstić information content (AvgIpc) is 3.08. The second-order valence-electron chi connectivity index (χ2n) is 5.78. The number of carbonyl (C=O) groups excluding carboxylic acids is 1. The number of hydrogen-bond donors (Lipinski definition) is 1. The Morgan fingerprint density at radius 1 is 1.25 bits per heavy atom. The zero-order valence-corrected chi connectivity index (χ0v) is 15.0. The van der Waals surface area contributed by atoms with E-state index in [0.717, 1.165) is 11.6 Å². The van der Waals surface area contributed by atoms with Crippen LogP contribution >= 0.6 is 0 Å². The summed E-state index contributed by atoms with van der Waals surface area (Å²) in [7, 11) is 0. The molecule has 0 aliphatic rings. The second-order valence-corrected chi connectivity index (χ2v) is 5.78. The Kier molecular flexibility index (Phi) is 5.30. The maximum atomic E-state index is 13.3. The molecule has 28 heavy (non-hydrogen) atoms. The lowest BCUT2D eigenvalue weighted by Crippen LogP contribution is -2.15. The van der Waals surface area contributed by atoms with E-state index in [-0.39, 0.29) is 29.6 Å². The van der Waals surface area contributed by atoms with Crippen LogP contribution in [-0.2, 0) is 10.9 Å². The molecule has 0 radical (unpaired) electrons. The van der Waals surface area contributed by atoms with E-state index >= 15 is 0 Å². The van der Waals surface area contributed by atoms with Crippen LogP contribution in [0.4, 0.5) is 24.7 Å². The van der Waals surface area contributed by atoms with Crippen molar-refractivity contribution in [3.63, 3.8) is 0 Å². The number of hydrogen-bond acceptors (Lipinski definition) is 6. The van der Waals surface area contributed by atoms with Crippen molar-refractivity contribution in [2.75, 3.05) is 11.9 Å². The quantitative estimate of drug-likeness (QED) is 0.664. The van der Waals surface area contributed by atoms with Gasteiger partial charge in [-0.15, -0.1) is 0 Å². The van der Waals surface area contributed by atoms with E-state index in [1.54, 1.807) is 19.3 Å². The van der Waals surface area contributed by atoms with Gasteiger partial charge in [-0.3, -0.25) is 0 Å². The molecule has 7 nitrogen and oxygen atoms in total. The molecule has 0 aliphatic carbocycles. The second kappa shape index (κ2) is 7.67. The number of para-hydroxylation sites is 1. The van der Waals surface area contributed by atoms with Crippen LogP contribution in [0.25, 0.3) is 5.95 Å². The van der Waals surface area contributed by atoms with Crippen LogP contribution in [0.1, 0.15) is 28.4 Å². The normalized spacial score (nSPS) is 11.3. The van der Waals surface area contributed by atoms with Gasteiger partial charge in [0.2, 0.25) is 0 Å². The number of halogens is 3. The fourth-order valence-electron chi connectivity index (χ4n) is 2.43. The summed E-state index contributed by atoms with van der Waals surface area (Å²) in [6.07, 6.45) is -0.167. The Morgan fingerprint density at radius 2 is 2.00 bits per heavy atom. The zero-order valence-electron chi connectivity index (χ0n) is 15.0. The van der Waals surface area contributed by atoms with E-state index in [2.05, 4.69) is 20.4 Å². The number of ether oxygens (including phenoxy) is 1. The van der Waals surface area contributed by atoms with Crippen LogP contribution in [0.3, 0.4) is 0 Å². The van der Waals surface area contributed by atoms with Gasteiger partial charge < -0.3 is 10.1 Å². The SMILES string of the molecule is CCOC(=O)c1cnc(-n2cc(C)cn2)nc1Nc1ccccc1C(F)(F)F. The standard InChI is InChI=1S/C18H16F3N5O2/c1-3-28-16(27)12-9-22-17(26-10-11(2)8-23-26)25-15(12)24-14-7-5-4-6-13(14)18(19,20)21/h4-10H,3H2,1-2H3,(H,22,24,25). The number of aryl methyl sites for hydroxylation is 1. The molecule has 0 amide bonds. The molecule has 3 aromatic rings. The molecule has 0 saturated carbocycles. The first-order valence-corrected chi connectivity index (χ1v) is 8.28. The first-order chi connectivity index (χ1) is 13.3. The van der Waals surface area contributed by atoms with Gasteiger partial charge in [0.25, 0.3) is 5.95 Å². The number of nitrogens with zero attached hydrogens (tertiary/aromatic N) is 4. The molecule has 3 rings (SSSR count). The summed E-state index contributed by atoms with van der Waals surface area (Å²) in [5, 5.41) is 6.66. The summed E-state index contributed by atoms with van der Waals surface area (Å²) < 4.78 is 46.2. The van der Waals surface area contributed by atoms with Gasteiger partial charge in [-0.2, -0.15) is 23.3 Å². The lowest BCUT2D eigenvalue weighted by Gasteiger charge is -2.16. The van der Waals surface area contributed by atoms with Gasteiger partial charge in [-0.25, -0.2) is 14.5 Å². The topological polar surface area (TPSA) is 81.9 Å². The van der Waals surface area contributed by atoms with Gasteiger partial charge in [0.1, 0.15) is 5.56 Å². The number of carbonyl (C=O) groups is 1. The van der Waals surface area contributed by atoms with Crippen molar-refractivity contribution in [1.29, 1.82) is 0 Å². The maximum Gasteiger partial charge on any atom is 0.418 e. The first kappa shape index (κ1) is 19.3. The van der Waals surface area contributed by atoms with E-state index in [4.69, 9.17) is 4.74 Å². The molecule has 2 aromatic heterocycles. The Balaban J connectivity index is 2.08. The minimum absolute atomic E-state index is 0.0909. The molecule has 0 atom stereocenters. The predicted molar refractivity (Wildman–Crippen MR) is 94.6 cm³/mol. The molecule has 10 heteroatoms. The third-order valence-corrected chi connectivity index (χ3v) is 3.67. The number of nitrogens with one attached hydrogen (secondary N) is 1. The number of rotatable bonds is 5. The molecule has 146 valence electrons.